The molecule has 0 aliphatic rings. The van der Waals surface area contributed by atoms with Gasteiger partial charge in [-0.05, 0) is 65.9 Å². The highest BCUT2D eigenvalue weighted by Crippen LogP contribution is 2.24. The van der Waals surface area contributed by atoms with Crippen LogP contribution in [0.15, 0.2) is 71.6 Å². The highest BCUT2D eigenvalue weighted by Gasteiger charge is 2.29. The lowest BCUT2D eigenvalue weighted by atomic mass is 10.1. The fraction of sp³-hybridized carbons (Fsp3) is 0.231. The number of hydrogen-bond acceptors (Lipinski definition) is 5. The molecule has 0 saturated carbocycles. The van der Waals surface area contributed by atoms with Crippen LogP contribution >= 0.6 is 0 Å². The minimum atomic E-state index is -3.94. The molecule has 0 saturated heterocycles. The van der Waals surface area contributed by atoms with Gasteiger partial charge in [0.25, 0.3) is 5.91 Å². The van der Waals surface area contributed by atoms with Crippen molar-refractivity contribution in [3.63, 3.8) is 0 Å². The second-order valence-electron chi connectivity index (χ2n) is 8.39. The highest BCUT2D eigenvalue weighted by molar-refractivity contribution is 7.89. The van der Waals surface area contributed by atoms with Crippen molar-refractivity contribution in [1.82, 2.24) is 4.72 Å². The molecule has 2 N–H and O–H groups in total. The Morgan fingerprint density at radius 3 is 2.00 bits per heavy atom. The molecule has 3 rings (SSSR count). The third kappa shape index (κ3) is 6.32. The zero-order valence-corrected chi connectivity index (χ0v) is 20.6. The Bertz CT molecular complexity index is 1320. The maximum atomic E-state index is 13.7. The van der Waals surface area contributed by atoms with Crippen LogP contribution in [0.4, 0.5) is 10.1 Å². The lowest BCUT2D eigenvalue weighted by Gasteiger charge is -2.19. The minimum Gasteiger partial charge on any atom is -0.468 e. The second kappa shape index (κ2) is 10.8. The first kappa shape index (κ1) is 26.1. The number of hydrogen-bond donors (Lipinski definition) is 2. The number of methoxy groups -OCH3 is 1. The average Bonchev–Trinajstić information content (AvgIpc) is 2.84. The maximum Gasteiger partial charge on any atom is 0.324 e. The Labute approximate surface area is 204 Å². The molecule has 1 atom stereocenters. The molecule has 7 nitrogen and oxygen atoms in total. The molecule has 3 aromatic carbocycles. The smallest absolute Gasteiger partial charge is 0.324 e. The summed E-state index contributed by atoms with van der Waals surface area (Å²) in [5.41, 5.74) is 2.77. The highest BCUT2D eigenvalue weighted by atomic mass is 32.2. The lowest BCUT2D eigenvalue weighted by molar-refractivity contribution is -0.143. The molecule has 0 aliphatic carbocycles. The van der Waals surface area contributed by atoms with Crippen molar-refractivity contribution in [2.24, 2.45) is 5.92 Å². The van der Waals surface area contributed by atoms with Crippen LogP contribution in [0.25, 0.3) is 11.1 Å². The summed E-state index contributed by atoms with van der Waals surface area (Å²) in [4.78, 5) is 24.3. The zero-order valence-electron chi connectivity index (χ0n) is 19.8. The zero-order chi connectivity index (χ0) is 25.8. The molecule has 0 unspecified atom stereocenters. The molecule has 0 aliphatic heterocycles. The molecule has 0 bridgehead atoms. The van der Waals surface area contributed by atoms with Crippen LogP contribution in [-0.2, 0) is 19.6 Å². The summed E-state index contributed by atoms with van der Waals surface area (Å²) >= 11 is 0. The SMILES string of the molecule is COC(=O)[C@@H](NS(=O)(=O)c1ccc(-c2ccc(NC(=O)c3ccc(C)c(F)c3)cc2)cc1)C(C)C. The number of amides is 1. The molecule has 0 heterocycles. The first-order valence-corrected chi connectivity index (χ1v) is 12.4. The molecule has 1 amide bonds. The number of carbonyl (C=O) groups excluding carboxylic acids is 2. The van der Waals surface area contributed by atoms with E-state index in [-0.39, 0.29) is 16.4 Å². The number of halogens is 1. The third-order valence-corrected chi connectivity index (χ3v) is 6.94. The Morgan fingerprint density at radius 2 is 1.49 bits per heavy atom. The van der Waals surface area contributed by atoms with Gasteiger partial charge in [-0.1, -0.05) is 44.2 Å². The van der Waals surface area contributed by atoms with E-state index < -0.39 is 33.8 Å². The van der Waals surface area contributed by atoms with Crippen LogP contribution in [0.2, 0.25) is 0 Å². The van der Waals surface area contributed by atoms with Crippen molar-refractivity contribution in [3.8, 4) is 11.1 Å². The summed E-state index contributed by atoms with van der Waals surface area (Å²) in [5.74, 6) is -1.82. The van der Waals surface area contributed by atoms with E-state index in [0.29, 0.717) is 11.3 Å². The van der Waals surface area contributed by atoms with E-state index in [2.05, 4.69) is 10.0 Å². The molecular formula is C26H27FN2O5S. The summed E-state index contributed by atoms with van der Waals surface area (Å²) < 4.78 is 46.3. The number of ether oxygens (including phenoxy) is 1. The van der Waals surface area contributed by atoms with Gasteiger partial charge in [-0.2, -0.15) is 4.72 Å². The average molecular weight is 499 g/mol. The van der Waals surface area contributed by atoms with Gasteiger partial charge in [-0.15, -0.1) is 0 Å². The summed E-state index contributed by atoms with van der Waals surface area (Å²) in [5, 5.41) is 2.72. The van der Waals surface area contributed by atoms with Gasteiger partial charge in [0.05, 0.1) is 12.0 Å². The van der Waals surface area contributed by atoms with Gasteiger partial charge in [0.15, 0.2) is 0 Å². The number of nitrogens with one attached hydrogen (secondary N) is 2. The van der Waals surface area contributed by atoms with Crippen molar-refractivity contribution in [2.75, 3.05) is 12.4 Å². The predicted octanol–water partition coefficient (Wildman–Crippen LogP) is 4.53. The number of benzene rings is 3. The molecule has 184 valence electrons. The summed E-state index contributed by atoms with van der Waals surface area (Å²) in [7, 11) is -2.73. The Morgan fingerprint density at radius 1 is 0.914 bits per heavy atom. The van der Waals surface area contributed by atoms with E-state index in [1.165, 1.54) is 25.3 Å². The summed E-state index contributed by atoms with van der Waals surface area (Å²) in [6, 6.07) is 16.5. The van der Waals surface area contributed by atoms with Crippen LogP contribution in [-0.4, -0.2) is 33.4 Å². The predicted molar refractivity (Wildman–Crippen MR) is 132 cm³/mol. The van der Waals surface area contributed by atoms with Crippen LogP contribution in [0.5, 0.6) is 0 Å². The van der Waals surface area contributed by atoms with Crippen LogP contribution in [0, 0.1) is 18.7 Å². The maximum absolute atomic E-state index is 13.7. The molecule has 0 aromatic heterocycles. The standard InChI is InChI=1S/C26H27FN2O5S/c1-16(2)24(26(31)34-4)29-35(32,33)22-13-9-19(10-14-22)18-7-11-21(12-8-18)28-25(30)20-6-5-17(3)23(27)15-20/h5-16,24,29H,1-4H3,(H,28,30)/t24-/m0/s1. The van der Waals surface area contributed by atoms with Gasteiger partial charge in [0.1, 0.15) is 11.9 Å². The quantitative estimate of drug-likeness (QED) is 0.445. The number of sulfonamides is 1. The van der Waals surface area contributed by atoms with Gasteiger partial charge >= 0.3 is 5.97 Å². The fourth-order valence-corrected chi connectivity index (χ4v) is 4.66. The molecular weight excluding hydrogens is 471 g/mol. The fourth-order valence-electron chi connectivity index (χ4n) is 3.33. The summed E-state index contributed by atoms with van der Waals surface area (Å²) in [6.07, 6.45) is 0. The van der Waals surface area contributed by atoms with E-state index in [0.717, 1.165) is 11.1 Å². The van der Waals surface area contributed by atoms with E-state index >= 15 is 0 Å². The van der Waals surface area contributed by atoms with Crippen molar-refractivity contribution in [2.45, 2.75) is 31.7 Å². The van der Waals surface area contributed by atoms with Crippen molar-refractivity contribution in [1.29, 1.82) is 0 Å². The largest absolute Gasteiger partial charge is 0.468 e. The van der Waals surface area contributed by atoms with Crippen molar-refractivity contribution < 1.29 is 27.1 Å². The van der Waals surface area contributed by atoms with E-state index in [1.54, 1.807) is 69.3 Å². The molecule has 0 fully saturated rings. The Balaban J connectivity index is 1.72. The Hall–Kier alpha value is -3.56. The van der Waals surface area contributed by atoms with E-state index in [1.807, 2.05) is 0 Å². The van der Waals surface area contributed by atoms with Gasteiger partial charge in [0, 0.05) is 11.3 Å². The molecule has 3 aromatic rings. The molecule has 0 radical (unpaired) electrons. The van der Waals surface area contributed by atoms with Gasteiger partial charge in [0.2, 0.25) is 10.0 Å². The lowest BCUT2D eigenvalue weighted by Crippen LogP contribution is -2.44. The Kier molecular flexibility index (Phi) is 8.03. The van der Waals surface area contributed by atoms with Crippen molar-refractivity contribution >= 4 is 27.6 Å². The number of aryl methyl sites for hydroxylation is 1. The molecule has 9 heteroatoms. The van der Waals surface area contributed by atoms with Crippen LogP contribution in [0.3, 0.4) is 0 Å². The number of esters is 1. The van der Waals surface area contributed by atoms with Crippen molar-refractivity contribution in [3.05, 3.63) is 83.7 Å². The van der Waals surface area contributed by atoms with Gasteiger partial charge < -0.3 is 10.1 Å². The molecule has 35 heavy (non-hydrogen) atoms. The minimum absolute atomic E-state index is 0.0185. The second-order valence-corrected chi connectivity index (χ2v) is 10.1. The third-order valence-electron chi connectivity index (χ3n) is 5.48. The number of anilines is 1. The van der Waals surface area contributed by atoms with E-state index in [9.17, 15) is 22.4 Å². The van der Waals surface area contributed by atoms with Gasteiger partial charge in [-0.3, -0.25) is 9.59 Å². The molecule has 0 spiro atoms. The van der Waals surface area contributed by atoms with E-state index in [4.69, 9.17) is 4.74 Å². The van der Waals surface area contributed by atoms with Gasteiger partial charge in [-0.25, -0.2) is 12.8 Å². The normalized spacial score (nSPS) is 12.3. The van der Waals surface area contributed by atoms with Crippen LogP contribution in [0.1, 0.15) is 29.8 Å². The van der Waals surface area contributed by atoms with Crippen LogP contribution < -0.4 is 10.0 Å². The number of carbonyl (C=O) groups is 2. The number of rotatable bonds is 8. The first-order chi connectivity index (χ1) is 16.5. The first-order valence-electron chi connectivity index (χ1n) is 10.9. The summed E-state index contributed by atoms with van der Waals surface area (Å²) in [6.45, 7) is 5.07. The monoisotopic (exact) mass is 498 g/mol. The topological polar surface area (TPSA) is 102 Å².